The van der Waals surface area contributed by atoms with Gasteiger partial charge in [-0.2, -0.15) is 13.2 Å². The first-order valence-electron chi connectivity index (χ1n) is 11.7. The lowest BCUT2D eigenvalue weighted by Crippen LogP contribution is -2.51. The zero-order chi connectivity index (χ0) is 24.6. The van der Waals surface area contributed by atoms with E-state index in [2.05, 4.69) is 16.4 Å². The number of hydrogen-bond acceptors (Lipinski definition) is 5. The van der Waals surface area contributed by atoms with Gasteiger partial charge in [0.25, 0.3) is 0 Å². The van der Waals surface area contributed by atoms with E-state index in [9.17, 15) is 13.2 Å². The molecule has 3 aromatic rings. The van der Waals surface area contributed by atoms with Crippen molar-refractivity contribution in [2.75, 3.05) is 31.1 Å². The van der Waals surface area contributed by atoms with Gasteiger partial charge < -0.3 is 15.0 Å². The van der Waals surface area contributed by atoms with Crippen LogP contribution in [-0.2, 0) is 18.1 Å². The van der Waals surface area contributed by atoms with Crippen LogP contribution in [-0.4, -0.2) is 36.2 Å². The normalized spacial score (nSPS) is 17.3. The van der Waals surface area contributed by atoms with Crippen molar-refractivity contribution < 1.29 is 17.9 Å². The molecule has 0 unspecified atom stereocenters. The molecule has 1 aromatic carbocycles. The van der Waals surface area contributed by atoms with Gasteiger partial charge in [-0.1, -0.05) is 23.7 Å². The first kappa shape index (κ1) is 23.9. The highest BCUT2D eigenvalue weighted by molar-refractivity contribution is 6.31. The number of nitrogens with zero attached hydrogens (tertiary/aromatic N) is 3. The van der Waals surface area contributed by atoms with E-state index in [0.29, 0.717) is 32.1 Å². The maximum Gasteiger partial charge on any atom is 0.419 e. The fourth-order valence-corrected chi connectivity index (χ4v) is 5.58. The summed E-state index contributed by atoms with van der Waals surface area (Å²) < 4.78 is 46.8. The number of rotatable bonds is 4. The summed E-state index contributed by atoms with van der Waals surface area (Å²) in [5.74, 6) is 0.552. The summed E-state index contributed by atoms with van der Waals surface area (Å²) in [4.78, 5) is 11.1. The predicted octanol–water partition coefficient (Wildman–Crippen LogP) is 5.86. The Bertz CT molecular complexity index is 1230. The third-order valence-corrected chi connectivity index (χ3v) is 7.28. The van der Waals surface area contributed by atoms with Gasteiger partial charge in [0.2, 0.25) is 5.88 Å². The van der Waals surface area contributed by atoms with Gasteiger partial charge in [0, 0.05) is 37.8 Å². The average Bonchev–Trinajstić information content (AvgIpc) is 2.84. The van der Waals surface area contributed by atoms with Crippen molar-refractivity contribution in [2.24, 2.45) is 0 Å². The van der Waals surface area contributed by atoms with Crippen molar-refractivity contribution in [2.45, 2.75) is 37.9 Å². The Morgan fingerprint density at radius 1 is 1.11 bits per heavy atom. The summed E-state index contributed by atoms with van der Waals surface area (Å²) in [5.41, 5.74) is 2.99. The Hall–Kier alpha value is -2.84. The summed E-state index contributed by atoms with van der Waals surface area (Å²) in [6, 6.07) is 12.3. The van der Waals surface area contributed by atoms with Gasteiger partial charge in [-0.3, -0.25) is 4.98 Å². The van der Waals surface area contributed by atoms with E-state index < -0.39 is 11.7 Å². The molecule has 5 nitrogen and oxygen atoms in total. The number of alkyl halides is 3. The second-order valence-electron chi connectivity index (χ2n) is 8.98. The number of pyridine rings is 2. The van der Waals surface area contributed by atoms with Crippen molar-refractivity contribution in [3.63, 3.8) is 0 Å². The van der Waals surface area contributed by atoms with Crippen LogP contribution >= 0.6 is 11.6 Å². The van der Waals surface area contributed by atoms with E-state index in [0.717, 1.165) is 36.3 Å². The topological polar surface area (TPSA) is 50.3 Å². The molecule has 2 aliphatic heterocycles. The minimum Gasteiger partial charge on any atom is -0.477 e. The van der Waals surface area contributed by atoms with Gasteiger partial charge in [0.05, 0.1) is 39.8 Å². The number of benzene rings is 1. The molecule has 2 aliphatic rings. The lowest BCUT2D eigenvalue weighted by atomic mass is 9.70. The molecular formula is C26H26ClF3N4O. The number of halogens is 4. The van der Waals surface area contributed by atoms with Gasteiger partial charge in [0.15, 0.2) is 0 Å². The minimum absolute atomic E-state index is 0.150. The van der Waals surface area contributed by atoms with Crippen LogP contribution in [0.5, 0.6) is 5.88 Å². The average molecular weight is 503 g/mol. The smallest absolute Gasteiger partial charge is 0.419 e. The van der Waals surface area contributed by atoms with Crippen LogP contribution in [0, 0.1) is 0 Å². The van der Waals surface area contributed by atoms with E-state index in [1.165, 1.54) is 17.7 Å². The monoisotopic (exact) mass is 502 g/mol. The fourth-order valence-electron chi connectivity index (χ4n) is 5.30. The number of ether oxygens (including phenoxy) is 1. The van der Waals surface area contributed by atoms with Gasteiger partial charge in [-0.05, 0) is 55.7 Å². The minimum atomic E-state index is -4.51. The number of aromatic nitrogens is 2. The summed E-state index contributed by atoms with van der Waals surface area (Å²) in [6.45, 7) is 4.85. The highest BCUT2D eigenvalue weighted by Gasteiger charge is 2.43. The SMILES string of the molecule is CCOc1ncccc1-c1ccc2c(n1)CNCC21CCN(c2cccc(Cl)c2C(F)(F)F)CC1. The summed E-state index contributed by atoms with van der Waals surface area (Å²) in [5, 5.41) is 3.23. The Morgan fingerprint density at radius 2 is 1.91 bits per heavy atom. The standard InChI is InChI=1S/C26H26ClF3N4O/c1-2-35-24-17(5-4-12-32-24)20-9-8-18-21(33-20)15-31-16-25(18)10-13-34(14-11-25)22-7-3-6-19(27)23(22)26(28,29)30/h3-9,12,31H,2,10-11,13-16H2,1H3. The summed E-state index contributed by atoms with van der Waals surface area (Å²) >= 11 is 5.96. The van der Waals surface area contributed by atoms with Crippen molar-refractivity contribution in [3.05, 3.63) is 70.5 Å². The van der Waals surface area contributed by atoms with Crippen LogP contribution in [0.25, 0.3) is 11.3 Å². The van der Waals surface area contributed by atoms with Crippen LogP contribution in [0.3, 0.4) is 0 Å². The van der Waals surface area contributed by atoms with Gasteiger partial charge >= 0.3 is 6.18 Å². The third kappa shape index (κ3) is 4.45. The van der Waals surface area contributed by atoms with Crippen molar-refractivity contribution in [1.29, 1.82) is 0 Å². The maximum absolute atomic E-state index is 13.7. The molecule has 5 rings (SSSR count). The molecule has 0 amide bonds. The molecule has 2 aromatic heterocycles. The van der Waals surface area contributed by atoms with E-state index in [1.807, 2.05) is 25.1 Å². The van der Waals surface area contributed by atoms with Crippen LogP contribution < -0.4 is 15.0 Å². The zero-order valence-electron chi connectivity index (χ0n) is 19.3. The molecular weight excluding hydrogens is 477 g/mol. The molecule has 0 aliphatic carbocycles. The Kier molecular flexibility index (Phi) is 6.36. The Morgan fingerprint density at radius 3 is 2.66 bits per heavy atom. The van der Waals surface area contributed by atoms with Gasteiger partial charge in [-0.15, -0.1) is 0 Å². The molecule has 1 N–H and O–H groups in total. The summed E-state index contributed by atoms with van der Waals surface area (Å²) in [6.07, 6.45) is -1.38. The fraction of sp³-hybridized carbons (Fsp3) is 0.385. The first-order valence-corrected chi connectivity index (χ1v) is 12.1. The van der Waals surface area contributed by atoms with Gasteiger partial charge in [-0.25, -0.2) is 4.98 Å². The second-order valence-corrected chi connectivity index (χ2v) is 9.39. The molecule has 9 heteroatoms. The van der Waals surface area contributed by atoms with E-state index in [-0.39, 0.29) is 16.1 Å². The highest BCUT2D eigenvalue weighted by atomic mass is 35.5. The molecule has 35 heavy (non-hydrogen) atoms. The van der Waals surface area contributed by atoms with Gasteiger partial charge in [0.1, 0.15) is 0 Å². The molecule has 0 atom stereocenters. The molecule has 0 saturated carbocycles. The molecule has 1 saturated heterocycles. The lowest BCUT2D eigenvalue weighted by Gasteiger charge is -2.46. The molecule has 184 valence electrons. The Labute approximate surface area is 207 Å². The number of nitrogens with one attached hydrogen (secondary N) is 1. The number of hydrogen-bond donors (Lipinski definition) is 1. The second kappa shape index (κ2) is 9.32. The molecule has 0 radical (unpaired) electrons. The van der Waals surface area contributed by atoms with Crippen LogP contribution in [0.2, 0.25) is 5.02 Å². The third-order valence-electron chi connectivity index (χ3n) is 6.97. The van der Waals surface area contributed by atoms with Crippen molar-refractivity contribution in [1.82, 2.24) is 15.3 Å². The molecule has 0 bridgehead atoms. The van der Waals surface area contributed by atoms with E-state index >= 15 is 0 Å². The molecule has 1 spiro atoms. The van der Waals surface area contributed by atoms with Crippen molar-refractivity contribution >= 4 is 17.3 Å². The van der Waals surface area contributed by atoms with Crippen LogP contribution in [0.15, 0.2) is 48.7 Å². The largest absolute Gasteiger partial charge is 0.477 e. The molecule has 1 fully saturated rings. The number of piperidine rings is 1. The van der Waals surface area contributed by atoms with E-state index in [4.69, 9.17) is 21.3 Å². The lowest BCUT2D eigenvalue weighted by molar-refractivity contribution is -0.137. The van der Waals surface area contributed by atoms with Crippen LogP contribution in [0.1, 0.15) is 36.6 Å². The highest BCUT2D eigenvalue weighted by Crippen LogP contribution is 2.45. The number of anilines is 1. The van der Waals surface area contributed by atoms with E-state index in [1.54, 1.807) is 17.2 Å². The van der Waals surface area contributed by atoms with Crippen LogP contribution in [0.4, 0.5) is 18.9 Å². The number of fused-ring (bicyclic) bond motifs is 2. The maximum atomic E-state index is 13.7. The molecule has 4 heterocycles. The predicted molar refractivity (Wildman–Crippen MR) is 130 cm³/mol. The quantitative estimate of drug-likeness (QED) is 0.484. The zero-order valence-corrected chi connectivity index (χ0v) is 20.1. The Balaban J connectivity index is 1.42. The van der Waals surface area contributed by atoms with Crippen molar-refractivity contribution in [3.8, 4) is 17.1 Å². The summed E-state index contributed by atoms with van der Waals surface area (Å²) in [7, 11) is 0. The first-order chi connectivity index (χ1) is 16.8.